The lowest BCUT2D eigenvalue weighted by Gasteiger charge is -2.50. The van der Waals surface area contributed by atoms with E-state index in [-0.39, 0.29) is 43.3 Å². The van der Waals surface area contributed by atoms with E-state index in [1.54, 1.807) is 70.0 Å². The Balaban J connectivity index is 1.21. The second-order valence-electron chi connectivity index (χ2n) is 17.5. The summed E-state index contributed by atoms with van der Waals surface area (Å²) in [5.41, 5.74) is 3.75. The van der Waals surface area contributed by atoms with E-state index >= 15 is 0 Å². The molecule has 0 aliphatic carbocycles. The molecule has 3 unspecified atom stereocenters. The number of carbonyl (C=O) groups excluding carboxylic acids is 2. The van der Waals surface area contributed by atoms with Crippen LogP contribution in [0.3, 0.4) is 0 Å². The second kappa shape index (κ2) is 20.3. The average Bonchev–Trinajstić information content (AvgIpc) is 3.76. The normalized spacial score (nSPS) is 16.6. The Morgan fingerprint density at radius 1 is 0.791 bits per heavy atom. The molecule has 0 spiro atoms. The number of hydrogen-bond acceptors (Lipinski definition) is 11. The van der Waals surface area contributed by atoms with Crippen LogP contribution in [0.5, 0.6) is 11.6 Å². The molecule has 67 heavy (non-hydrogen) atoms. The highest BCUT2D eigenvalue weighted by Crippen LogP contribution is 2.54. The number of hydrogen-bond donors (Lipinski definition) is 1. The van der Waals surface area contributed by atoms with Gasteiger partial charge < -0.3 is 18.7 Å². The van der Waals surface area contributed by atoms with Crippen LogP contribution in [0.2, 0.25) is 0 Å². The molecule has 0 radical (unpaired) electrons. The Labute approximate surface area is 395 Å². The maximum atomic E-state index is 13.5. The SMILES string of the molecule is CN(C)P(=O)(Cl)OCC1CN(C(c2ccccc2)(c2ccccc2)c2ccccc2)CC(n2cnc3c(OCc4ccc(OC(=O)C(C)(C)C)cc4)nc(NC(=O)Cc4ccccc4)nc32)O1. The lowest BCUT2D eigenvalue weighted by molar-refractivity contribution is -0.145. The summed E-state index contributed by atoms with van der Waals surface area (Å²) >= 11 is 6.45. The molecule has 1 aliphatic rings. The molecule has 0 bridgehead atoms. The van der Waals surface area contributed by atoms with E-state index in [9.17, 15) is 14.2 Å². The summed E-state index contributed by atoms with van der Waals surface area (Å²) in [4.78, 5) is 42.8. The summed E-state index contributed by atoms with van der Waals surface area (Å²) in [6.45, 7) is 2.28. The monoisotopic (exact) mass is 941 g/mol. The van der Waals surface area contributed by atoms with Crippen LogP contribution in [0, 0.1) is 5.41 Å². The van der Waals surface area contributed by atoms with Crippen molar-refractivity contribution >= 4 is 47.1 Å². The third-order valence-corrected chi connectivity index (χ3v) is 14.0. The first-order chi connectivity index (χ1) is 32.2. The number of nitrogens with one attached hydrogen (secondary N) is 1. The van der Waals surface area contributed by atoms with Gasteiger partial charge in [-0.1, -0.05) is 133 Å². The number of imidazole rings is 1. The molecule has 1 saturated heterocycles. The molecule has 5 aromatic carbocycles. The fourth-order valence-corrected chi connectivity index (χ4v) is 8.74. The molecule has 7 aromatic rings. The van der Waals surface area contributed by atoms with E-state index in [0.717, 1.165) is 27.8 Å². The van der Waals surface area contributed by atoms with Crippen LogP contribution in [-0.2, 0) is 42.0 Å². The van der Waals surface area contributed by atoms with Gasteiger partial charge in [0.25, 0.3) is 0 Å². The number of halogens is 1. The number of nitrogens with zero attached hydrogens (tertiary/aromatic N) is 6. The van der Waals surface area contributed by atoms with E-state index in [4.69, 9.17) is 39.9 Å². The summed E-state index contributed by atoms with van der Waals surface area (Å²) in [6.07, 6.45) is 0.251. The number of carbonyl (C=O) groups is 2. The van der Waals surface area contributed by atoms with Crippen molar-refractivity contribution in [3.8, 4) is 11.6 Å². The Bertz CT molecular complexity index is 2730. The zero-order valence-electron chi connectivity index (χ0n) is 38.0. The third-order valence-electron chi connectivity index (χ3n) is 11.4. The van der Waals surface area contributed by atoms with Gasteiger partial charge in [-0.15, -0.1) is 0 Å². The smallest absolute Gasteiger partial charge is 0.362 e. The highest BCUT2D eigenvalue weighted by Gasteiger charge is 2.47. The molecule has 0 saturated carbocycles. The Kier molecular flexibility index (Phi) is 14.3. The lowest BCUT2D eigenvalue weighted by atomic mass is 9.75. The number of rotatable bonds is 16. The van der Waals surface area contributed by atoms with Gasteiger partial charge >= 0.3 is 12.8 Å². The van der Waals surface area contributed by atoms with Gasteiger partial charge in [-0.05, 0) is 86.1 Å². The van der Waals surface area contributed by atoms with E-state index in [0.29, 0.717) is 30.0 Å². The minimum absolute atomic E-state index is 0.00318. The Hall–Kier alpha value is -6.25. The number of aromatic nitrogens is 4. The molecule has 1 aliphatic heterocycles. The van der Waals surface area contributed by atoms with Crippen LogP contribution < -0.4 is 14.8 Å². The van der Waals surface area contributed by atoms with Crippen LogP contribution in [0.4, 0.5) is 5.95 Å². The van der Waals surface area contributed by atoms with Crippen molar-refractivity contribution in [3.63, 3.8) is 0 Å². The lowest BCUT2D eigenvalue weighted by Crippen LogP contribution is -2.57. The first-order valence-electron chi connectivity index (χ1n) is 21.9. The number of ether oxygens (including phenoxy) is 3. The average molecular weight is 942 g/mol. The first kappa shape index (κ1) is 47.3. The van der Waals surface area contributed by atoms with Crippen molar-refractivity contribution in [1.82, 2.24) is 29.1 Å². The predicted octanol–water partition coefficient (Wildman–Crippen LogP) is 9.65. The summed E-state index contributed by atoms with van der Waals surface area (Å²) in [6, 6.07) is 47.3. The number of amides is 1. The minimum atomic E-state index is -3.70. The highest BCUT2D eigenvalue weighted by molar-refractivity contribution is 7.83. The number of esters is 1. The molecule has 2 aromatic heterocycles. The van der Waals surface area contributed by atoms with E-state index < -0.39 is 30.2 Å². The molecule has 1 fully saturated rings. The second-order valence-corrected chi connectivity index (χ2v) is 20.7. The first-order valence-corrected chi connectivity index (χ1v) is 24.4. The number of fused-ring (bicyclic) bond motifs is 1. The topological polar surface area (TPSA) is 150 Å². The molecular formula is C51H53ClN7O7P. The maximum absolute atomic E-state index is 13.5. The third kappa shape index (κ3) is 10.8. The molecule has 16 heteroatoms. The number of benzene rings is 5. The molecule has 8 rings (SSSR count). The Morgan fingerprint density at radius 2 is 1.36 bits per heavy atom. The van der Waals surface area contributed by atoms with E-state index in [2.05, 4.69) is 51.6 Å². The predicted molar refractivity (Wildman–Crippen MR) is 258 cm³/mol. The van der Waals surface area contributed by atoms with Gasteiger partial charge in [0.2, 0.25) is 17.7 Å². The number of anilines is 1. The van der Waals surface area contributed by atoms with Crippen molar-refractivity contribution < 1.29 is 32.9 Å². The van der Waals surface area contributed by atoms with Crippen molar-refractivity contribution in [1.29, 1.82) is 0 Å². The van der Waals surface area contributed by atoms with E-state index in [1.807, 2.05) is 84.9 Å². The van der Waals surface area contributed by atoms with Crippen molar-refractivity contribution in [2.45, 2.75) is 51.7 Å². The number of morpholine rings is 1. The van der Waals surface area contributed by atoms with Crippen LogP contribution in [0.25, 0.3) is 11.2 Å². The van der Waals surface area contributed by atoms with Crippen LogP contribution in [-0.4, -0.2) is 80.9 Å². The minimum Gasteiger partial charge on any atom is -0.471 e. The van der Waals surface area contributed by atoms with Crippen molar-refractivity contribution in [2.75, 3.05) is 39.1 Å². The molecular weight excluding hydrogens is 889 g/mol. The maximum Gasteiger partial charge on any atom is 0.362 e. The van der Waals surface area contributed by atoms with Gasteiger partial charge in [-0.25, -0.2) is 9.65 Å². The zero-order chi connectivity index (χ0) is 47.2. The zero-order valence-corrected chi connectivity index (χ0v) is 39.6. The van der Waals surface area contributed by atoms with Gasteiger partial charge in [0.15, 0.2) is 11.2 Å². The van der Waals surface area contributed by atoms with E-state index in [1.165, 1.54) is 4.67 Å². The Morgan fingerprint density at radius 3 is 1.91 bits per heavy atom. The van der Waals surface area contributed by atoms with Crippen LogP contribution >= 0.6 is 18.1 Å². The summed E-state index contributed by atoms with van der Waals surface area (Å²) in [5, 5.41) is 2.88. The van der Waals surface area contributed by atoms with Gasteiger partial charge in [0, 0.05) is 13.1 Å². The molecule has 3 heterocycles. The molecule has 3 atom stereocenters. The van der Waals surface area contributed by atoms with Crippen LogP contribution in [0.1, 0.15) is 54.8 Å². The summed E-state index contributed by atoms with van der Waals surface area (Å²) < 4.78 is 41.4. The van der Waals surface area contributed by atoms with Gasteiger partial charge in [-0.3, -0.25) is 28.9 Å². The van der Waals surface area contributed by atoms with Crippen LogP contribution in [0.15, 0.2) is 152 Å². The largest absolute Gasteiger partial charge is 0.471 e. The van der Waals surface area contributed by atoms with Gasteiger partial charge in [0.1, 0.15) is 18.6 Å². The van der Waals surface area contributed by atoms with Crippen molar-refractivity contribution in [3.05, 3.63) is 180 Å². The van der Waals surface area contributed by atoms with Gasteiger partial charge in [-0.2, -0.15) is 9.97 Å². The molecule has 346 valence electrons. The molecule has 14 nitrogen and oxygen atoms in total. The fraction of sp³-hybridized carbons (Fsp3) is 0.275. The van der Waals surface area contributed by atoms with Gasteiger partial charge in [0.05, 0.1) is 36.4 Å². The fourth-order valence-electron chi connectivity index (χ4n) is 7.99. The highest BCUT2D eigenvalue weighted by atomic mass is 35.7. The quantitative estimate of drug-likeness (QED) is 0.0425. The summed E-state index contributed by atoms with van der Waals surface area (Å²) in [7, 11) is 3.20. The molecule has 1 amide bonds. The van der Waals surface area contributed by atoms with Crippen molar-refractivity contribution in [2.24, 2.45) is 5.41 Å². The molecule has 1 N–H and O–H groups in total. The summed E-state index contributed by atoms with van der Waals surface area (Å²) in [5.74, 6) is -0.143. The standard InChI is InChI=1S/C51H53ClN7O7P/c1-50(2,3)48(61)66-41-28-26-37(27-29-41)33-63-47-45-46(55-49(56-47)54-43(60)30-36-18-10-6-11-19-36)59(35-53-45)44-32-58(31-42(65-44)34-64-67(52,62)57(4)5)51(38-20-12-7-13-21-38,39-22-14-8-15-23-39)40-24-16-9-17-25-40/h6-29,35,42,44H,30-34H2,1-5H3,(H,54,55,56,60).